The van der Waals surface area contributed by atoms with Crippen molar-refractivity contribution in [2.45, 2.75) is 16.6 Å². The van der Waals surface area contributed by atoms with E-state index in [4.69, 9.17) is 23.2 Å². The van der Waals surface area contributed by atoms with E-state index in [2.05, 4.69) is 16.2 Å². The highest BCUT2D eigenvalue weighted by molar-refractivity contribution is 8.01. The number of amides is 2. The molecule has 0 aromatic heterocycles. The second-order valence-electron chi connectivity index (χ2n) is 5.09. The molecule has 2 aromatic carbocycles. The quantitative estimate of drug-likeness (QED) is 0.701. The number of anilines is 2. The Morgan fingerprint density at radius 1 is 1.21 bits per heavy atom. The minimum absolute atomic E-state index is 0.0377. The van der Waals surface area contributed by atoms with Crippen LogP contribution in [0.1, 0.15) is 6.42 Å². The third kappa shape index (κ3) is 3.95. The molecule has 0 saturated carbocycles. The summed E-state index contributed by atoms with van der Waals surface area (Å²) in [7, 11) is 0. The number of hydrazine groups is 1. The summed E-state index contributed by atoms with van der Waals surface area (Å²) in [4.78, 5) is 25.1. The first kappa shape index (κ1) is 17.0. The van der Waals surface area contributed by atoms with Gasteiger partial charge in [-0.15, -0.1) is 11.8 Å². The second-order valence-corrected chi connectivity index (χ2v) is 7.18. The molecule has 24 heavy (non-hydrogen) atoms. The summed E-state index contributed by atoms with van der Waals surface area (Å²) in [5, 5.41) is 3.24. The molecule has 3 N–H and O–H groups in total. The maximum absolute atomic E-state index is 12.1. The van der Waals surface area contributed by atoms with E-state index in [0.717, 1.165) is 10.6 Å². The molecule has 1 aliphatic heterocycles. The Kier molecular flexibility index (Phi) is 5.18. The lowest BCUT2D eigenvalue weighted by Gasteiger charge is -2.23. The van der Waals surface area contributed by atoms with Gasteiger partial charge in [-0.25, -0.2) is 0 Å². The van der Waals surface area contributed by atoms with Gasteiger partial charge in [-0.3, -0.25) is 20.4 Å². The van der Waals surface area contributed by atoms with E-state index in [1.807, 2.05) is 24.3 Å². The summed E-state index contributed by atoms with van der Waals surface area (Å²) in [6.45, 7) is 0. The van der Waals surface area contributed by atoms with Crippen molar-refractivity contribution in [2.75, 3.05) is 10.7 Å². The van der Waals surface area contributed by atoms with Gasteiger partial charge < -0.3 is 5.32 Å². The Morgan fingerprint density at radius 2 is 2.00 bits per heavy atom. The Bertz CT molecular complexity index is 801. The summed E-state index contributed by atoms with van der Waals surface area (Å²) >= 11 is 13.3. The molecule has 2 amide bonds. The molecule has 3 rings (SSSR count). The normalized spacial score (nSPS) is 16.1. The molecule has 0 aliphatic carbocycles. The number of para-hydroxylation sites is 1. The highest BCUT2D eigenvalue weighted by Gasteiger charge is 2.28. The minimum atomic E-state index is -0.489. The zero-order valence-corrected chi connectivity index (χ0v) is 14.6. The second kappa shape index (κ2) is 7.34. The van der Waals surface area contributed by atoms with Crippen LogP contribution in [0.15, 0.2) is 47.4 Å². The lowest BCUT2D eigenvalue weighted by Crippen LogP contribution is -2.37. The van der Waals surface area contributed by atoms with Crippen LogP contribution in [0.25, 0.3) is 0 Å². The molecule has 0 unspecified atom stereocenters. The van der Waals surface area contributed by atoms with E-state index >= 15 is 0 Å². The smallest absolute Gasteiger partial charge is 0.239 e. The first-order chi connectivity index (χ1) is 11.5. The number of benzene rings is 2. The Hall–Kier alpha value is -1.89. The highest BCUT2D eigenvalue weighted by Crippen LogP contribution is 2.36. The molecule has 0 spiro atoms. The van der Waals surface area contributed by atoms with Gasteiger partial charge in [-0.2, -0.15) is 0 Å². The highest BCUT2D eigenvalue weighted by atomic mass is 35.5. The summed E-state index contributed by atoms with van der Waals surface area (Å²) in [5.41, 5.74) is 6.51. The number of hydrogen-bond donors (Lipinski definition) is 3. The fourth-order valence-corrected chi connectivity index (χ4v) is 3.62. The maximum Gasteiger partial charge on any atom is 0.239 e. The predicted octanol–water partition coefficient (Wildman–Crippen LogP) is 3.94. The largest absolute Gasteiger partial charge is 0.324 e. The SMILES string of the molecule is O=C(C[C@@H]1Sc2ccccc2NC1=O)NNc1cc(Cl)ccc1Cl. The van der Waals surface area contributed by atoms with Crippen molar-refractivity contribution in [3.8, 4) is 0 Å². The number of carbonyl (C=O) groups is 2. The molecule has 5 nitrogen and oxygen atoms in total. The molecular formula is C16H13Cl2N3O2S. The molecular weight excluding hydrogens is 369 g/mol. The van der Waals surface area contributed by atoms with Crippen molar-refractivity contribution in [1.29, 1.82) is 0 Å². The molecule has 0 radical (unpaired) electrons. The van der Waals surface area contributed by atoms with Crippen LogP contribution < -0.4 is 16.2 Å². The number of fused-ring (bicyclic) bond motifs is 1. The Morgan fingerprint density at radius 3 is 2.83 bits per heavy atom. The average molecular weight is 382 g/mol. The van der Waals surface area contributed by atoms with E-state index in [9.17, 15) is 9.59 Å². The number of carbonyl (C=O) groups excluding carboxylic acids is 2. The average Bonchev–Trinajstić information content (AvgIpc) is 2.56. The van der Waals surface area contributed by atoms with E-state index in [1.165, 1.54) is 11.8 Å². The van der Waals surface area contributed by atoms with Crippen LogP contribution in [0.4, 0.5) is 11.4 Å². The van der Waals surface area contributed by atoms with Crippen LogP contribution in [-0.4, -0.2) is 17.1 Å². The monoisotopic (exact) mass is 381 g/mol. The van der Waals surface area contributed by atoms with Crippen LogP contribution in [0.5, 0.6) is 0 Å². The summed E-state index contributed by atoms with van der Waals surface area (Å²) in [6, 6.07) is 12.4. The van der Waals surface area contributed by atoms with Gasteiger partial charge in [0.2, 0.25) is 11.8 Å². The van der Waals surface area contributed by atoms with Crippen molar-refractivity contribution in [2.24, 2.45) is 0 Å². The van der Waals surface area contributed by atoms with Crippen molar-refractivity contribution in [3.05, 3.63) is 52.5 Å². The van der Waals surface area contributed by atoms with Gasteiger partial charge in [0.15, 0.2) is 0 Å². The lowest BCUT2D eigenvalue weighted by molar-refractivity contribution is -0.123. The number of rotatable bonds is 4. The molecule has 0 fully saturated rings. The topological polar surface area (TPSA) is 70.2 Å². The van der Waals surface area contributed by atoms with Crippen LogP contribution >= 0.6 is 35.0 Å². The van der Waals surface area contributed by atoms with Crippen LogP contribution in [0.2, 0.25) is 10.0 Å². The van der Waals surface area contributed by atoms with Gasteiger partial charge in [0.25, 0.3) is 0 Å². The molecule has 124 valence electrons. The van der Waals surface area contributed by atoms with Gasteiger partial charge in [-0.05, 0) is 30.3 Å². The van der Waals surface area contributed by atoms with E-state index in [0.29, 0.717) is 15.7 Å². The summed E-state index contributed by atoms with van der Waals surface area (Å²) < 4.78 is 0. The number of hydrogen-bond acceptors (Lipinski definition) is 4. The maximum atomic E-state index is 12.1. The molecule has 8 heteroatoms. The fraction of sp³-hybridized carbons (Fsp3) is 0.125. The predicted molar refractivity (Wildman–Crippen MR) is 97.6 cm³/mol. The van der Waals surface area contributed by atoms with E-state index in [1.54, 1.807) is 18.2 Å². The van der Waals surface area contributed by atoms with Gasteiger partial charge in [0.05, 0.1) is 21.6 Å². The van der Waals surface area contributed by atoms with Crippen molar-refractivity contribution in [1.82, 2.24) is 5.43 Å². The standard InChI is InChI=1S/C16H13Cl2N3O2S/c17-9-5-6-10(18)12(7-9)20-21-15(22)8-14-16(23)19-11-3-1-2-4-13(11)24-14/h1-7,14,20H,8H2,(H,19,23)(H,21,22)/t14-/m0/s1. The van der Waals surface area contributed by atoms with Crippen molar-refractivity contribution >= 4 is 58.2 Å². The van der Waals surface area contributed by atoms with Crippen LogP contribution in [0, 0.1) is 0 Å². The molecule has 0 bridgehead atoms. The van der Waals surface area contributed by atoms with Crippen LogP contribution in [-0.2, 0) is 9.59 Å². The van der Waals surface area contributed by atoms with Crippen molar-refractivity contribution in [3.63, 3.8) is 0 Å². The third-order valence-corrected chi connectivity index (χ3v) is 5.18. The molecule has 0 saturated heterocycles. The number of thioether (sulfide) groups is 1. The Labute approximate surface area is 153 Å². The summed E-state index contributed by atoms with van der Waals surface area (Å²) in [5.74, 6) is -0.507. The van der Waals surface area contributed by atoms with E-state index < -0.39 is 5.25 Å². The van der Waals surface area contributed by atoms with Gasteiger partial charge >= 0.3 is 0 Å². The fourth-order valence-electron chi connectivity index (χ4n) is 2.18. The number of halogens is 2. The minimum Gasteiger partial charge on any atom is -0.324 e. The zero-order chi connectivity index (χ0) is 17.1. The number of nitrogens with one attached hydrogen (secondary N) is 3. The van der Waals surface area contributed by atoms with Gasteiger partial charge in [0.1, 0.15) is 0 Å². The van der Waals surface area contributed by atoms with Gasteiger partial charge in [0, 0.05) is 16.3 Å². The van der Waals surface area contributed by atoms with Crippen molar-refractivity contribution < 1.29 is 9.59 Å². The third-order valence-electron chi connectivity index (χ3n) is 3.34. The Balaban J connectivity index is 1.59. The van der Waals surface area contributed by atoms with Gasteiger partial charge in [-0.1, -0.05) is 35.3 Å². The molecule has 2 aromatic rings. The molecule has 1 aliphatic rings. The summed E-state index contributed by atoms with van der Waals surface area (Å²) in [6.07, 6.45) is 0.0377. The first-order valence-corrected chi connectivity index (χ1v) is 8.73. The van der Waals surface area contributed by atoms with E-state index in [-0.39, 0.29) is 18.2 Å². The molecule has 1 heterocycles. The van der Waals surface area contributed by atoms with Crippen LogP contribution in [0.3, 0.4) is 0 Å². The zero-order valence-electron chi connectivity index (χ0n) is 12.3. The lowest BCUT2D eigenvalue weighted by atomic mass is 10.2. The first-order valence-electron chi connectivity index (χ1n) is 7.09. The molecule has 1 atom stereocenters.